The highest BCUT2D eigenvalue weighted by atomic mass is 32.1. The van der Waals surface area contributed by atoms with Gasteiger partial charge in [0.25, 0.3) is 5.56 Å². The number of carbonyl (C=O) groups is 1. The summed E-state index contributed by atoms with van der Waals surface area (Å²) in [5.41, 5.74) is 4.85. The molecule has 1 atom stereocenters. The van der Waals surface area contributed by atoms with Gasteiger partial charge in [-0.05, 0) is 38.5 Å². The minimum atomic E-state index is -0.590. The summed E-state index contributed by atoms with van der Waals surface area (Å²) in [5, 5.41) is 1.09. The quantitative estimate of drug-likeness (QED) is 0.427. The first-order chi connectivity index (χ1) is 16.4. The first kappa shape index (κ1) is 22.1. The Kier molecular flexibility index (Phi) is 5.57. The van der Waals surface area contributed by atoms with E-state index in [1.807, 2.05) is 55.6 Å². The van der Waals surface area contributed by atoms with Crippen LogP contribution in [0.25, 0.3) is 17.0 Å². The molecule has 0 fully saturated rings. The van der Waals surface area contributed by atoms with Crippen molar-refractivity contribution in [2.75, 3.05) is 6.61 Å². The van der Waals surface area contributed by atoms with Crippen LogP contribution in [-0.4, -0.2) is 21.7 Å². The number of nitrogens with zero attached hydrogens (tertiary/aromatic N) is 3. The molecule has 0 bridgehead atoms. The number of benzene rings is 2. The number of hydrogen-bond acceptors (Lipinski definition) is 5. The number of carbonyl (C=O) groups excluding carboxylic acids is 1. The Morgan fingerprint density at radius 2 is 1.82 bits per heavy atom. The van der Waals surface area contributed by atoms with E-state index in [1.54, 1.807) is 18.4 Å². The second-order valence-corrected chi connectivity index (χ2v) is 9.30. The molecule has 0 saturated carbocycles. The fourth-order valence-corrected chi connectivity index (χ4v) is 5.63. The van der Waals surface area contributed by atoms with Gasteiger partial charge in [0.2, 0.25) is 0 Å². The van der Waals surface area contributed by atoms with Crippen molar-refractivity contribution in [3.8, 4) is 0 Å². The van der Waals surface area contributed by atoms with Gasteiger partial charge in [0, 0.05) is 29.2 Å². The van der Waals surface area contributed by atoms with Crippen molar-refractivity contribution in [3.05, 3.63) is 102 Å². The molecule has 0 spiro atoms. The summed E-state index contributed by atoms with van der Waals surface area (Å²) in [6.07, 6.45) is 1.95. The predicted octanol–water partition coefficient (Wildman–Crippen LogP) is 3.60. The van der Waals surface area contributed by atoms with Gasteiger partial charge in [0.15, 0.2) is 4.80 Å². The third-order valence-electron chi connectivity index (χ3n) is 6.36. The molecular weight excluding hydrogens is 446 g/mol. The van der Waals surface area contributed by atoms with E-state index in [2.05, 4.69) is 28.6 Å². The number of aryl methyl sites for hydroxylation is 1. The maximum absolute atomic E-state index is 13.8. The number of para-hydroxylation sites is 1. The van der Waals surface area contributed by atoms with Crippen LogP contribution in [0.15, 0.2) is 75.7 Å². The minimum absolute atomic E-state index is 0.167. The lowest BCUT2D eigenvalue weighted by molar-refractivity contribution is -0.139. The molecule has 4 aromatic rings. The summed E-state index contributed by atoms with van der Waals surface area (Å²) in [6, 6.07) is 17.1. The molecule has 0 unspecified atom stereocenters. The number of thiazole rings is 1. The Morgan fingerprint density at radius 1 is 1.12 bits per heavy atom. The van der Waals surface area contributed by atoms with Crippen molar-refractivity contribution in [3.63, 3.8) is 0 Å². The highest BCUT2D eigenvalue weighted by molar-refractivity contribution is 7.07. The molecule has 7 heteroatoms. The molecule has 1 aliphatic rings. The van der Waals surface area contributed by atoms with E-state index in [0.29, 0.717) is 20.6 Å². The van der Waals surface area contributed by atoms with Crippen LogP contribution >= 0.6 is 11.3 Å². The van der Waals surface area contributed by atoms with E-state index in [-0.39, 0.29) is 12.2 Å². The number of esters is 1. The van der Waals surface area contributed by atoms with Crippen LogP contribution in [0.1, 0.15) is 36.7 Å². The van der Waals surface area contributed by atoms with Crippen LogP contribution < -0.4 is 14.9 Å². The van der Waals surface area contributed by atoms with Crippen molar-refractivity contribution in [1.29, 1.82) is 0 Å². The lowest BCUT2D eigenvalue weighted by Gasteiger charge is -2.24. The molecule has 5 rings (SSSR count). The molecule has 2 aromatic carbocycles. The molecule has 172 valence electrons. The molecule has 0 radical (unpaired) electrons. The summed E-state index contributed by atoms with van der Waals surface area (Å²) in [5.74, 6) is -0.447. The number of hydrogen-bond donors (Lipinski definition) is 0. The Bertz CT molecular complexity index is 1640. The lowest BCUT2D eigenvalue weighted by Crippen LogP contribution is -2.39. The predicted molar refractivity (Wildman–Crippen MR) is 134 cm³/mol. The fourth-order valence-electron chi connectivity index (χ4n) is 4.61. The average Bonchev–Trinajstić information content (AvgIpc) is 3.27. The lowest BCUT2D eigenvalue weighted by atomic mass is 9.96. The number of fused-ring (bicyclic) bond motifs is 2. The molecule has 3 heterocycles. The van der Waals surface area contributed by atoms with Crippen molar-refractivity contribution in [1.82, 2.24) is 9.13 Å². The van der Waals surface area contributed by atoms with E-state index < -0.39 is 12.0 Å². The first-order valence-electron chi connectivity index (χ1n) is 11.2. The molecule has 34 heavy (non-hydrogen) atoms. The van der Waals surface area contributed by atoms with Crippen LogP contribution in [0.3, 0.4) is 0 Å². The third kappa shape index (κ3) is 3.44. The standard InChI is InChI=1S/C27H25N3O3S/c1-5-33-26(32)23-16(2)28-27-30(24(23)18-11-7-6-8-12-18)25(31)22(34-27)15-20-17(3)29(4)21-14-10-9-13-19(20)21/h6-15,24H,5H2,1-4H3/b22-15-/t24-/m0/s1. The molecule has 0 amide bonds. The van der Waals surface area contributed by atoms with Crippen LogP contribution in [0.2, 0.25) is 0 Å². The average molecular weight is 472 g/mol. The second kappa shape index (κ2) is 8.57. The van der Waals surface area contributed by atoms with Gasteiger partial charge in [-0.1, -0.05) is 59.9 Å². The maximum Gasteiger partial charge on any atom is 0.338 e. The Hall–Kier alpha value is -3.71. The Balaban J connectivity index is 1.78. The molecular formula is C27H25N3O3S. The van der Waals surface area contributed by atoms with Gasteiger partial charge in [-0.25, -0.2) is 9.79 Å². The maximum atomic E-state index is 13.8. The second-order valence-electron chi connectivity index (χ2n) is 8.29. The SMILES string of the molecule is CCOC(=O)C1=C(C)N=c2s/c(=C\c3c(C)n(C)c4ccccc34)c(=O)n2[C@H]1c1ccccc1. The van der Waals surface area contributed by atoms with Crippen LogP contribution in [-0.2, 0) is 16.6 Å². The number of rotatable bonds is 4. The summed E-state index contributed by atoms with van der Waals surface area (Å²) in [7, 11) is 2.03. The highest BCUT2D eigenvalue weighted by Crippen LogP contribution is 2.30. The summed E-state index contributed by atoms with van der Waals surface area (Å²) in [6.45, 7) is 5.88. The number of aromatic nitrogens is 2. The molecule has 2 aromatic heterocycles. The first-order valence-corrected chi connectivity index (χ1v) is 12.0. The zero-order chi connectivity index (χ0) is 24.0. The Morgan fingerprint density at radius 3 is 2.56 bits per heavy atom. The topological polar surface area (TPSA) is 65.6 Å². The van der Waals surface area contributed by atoms with Crippen LogP contribution in [0.5, 0.6) is 0 Å². The monoisotopic (exact) mass is 471 g/mol. The van der Waals surface area contributed by atoms with E-state index in [1.165, 1.54) is 11.3 Å². The van der Waals surface area contributed by atoms with Crippen molar-refractivity contribution >= 4 is 34.3 Å². The summed E-state index contributed by atoms with van der Waals surface area (Å²) >= 11 is 1.35. The van der Waals surface area contributed by atoms with Gasteiger partial charge >= 0.3 is 5.97 Å². The zero-order valence-corrected chi connectivity index (χ0v) is 20.3. The van der Waals surface area contributed by atoms with Gasteiger partial charge < -0.3 is 9.30 Å². The van der Waals surface area contributed by atoms with Gasteiger partial charge in [-0.2, -0.15) is 0 Å². The molecule has 6 nitrogen and oxygen atoms in total. The third-order valence-corrected chi connectivity index (χ3v) is 7.34. The van der Waals surface area contributed by atoms with Gasteiger partial charge in [0.05, 0.1) is 28.5 Å². The van der Waals surface area contributed by atoms with Gasteiger partial charge in [0.1, 0.15) is 0 Å². The highest BCUT2D eigenvalue weighted by Gasteiger charge is 2.33. The van der Waals surface area contributed by atoms with Crippen molar-refractivity contribution < 1.29 is 9.53 Å². The van der Waals surface area contributed by atoms with E-state index in [4.69, 9.17) is 4.74 Å². The fraction of sp³-hybridized carbons (Fsp3) is 0.222. The smallest absolute Gasteiger partial charge is 0.338 e. The zero-order valence-electron chi connectivity index (χ0n) is 19.5. The van der Waals surface area contributed by atoms with Crippen molar-refractivity contribution in [2.45, 2.75) is 26.8 Å². The Labute approximate surface area is 200 Å². The van der Waals surface area contributed by atoms with Gasteiger partial charge in [-0.15, -0.1) is 0 Å². The van der Waals surface area contributed by atoms with Gasteiger partial charge in [-0.3, -0.25) is 9.36 Å². The molecule has 0 saturated heterocycles. The molecule has 0 N–H and O–H groups in total. The largest absolute Gasteiger partial charge is 0.463 e. The molecule has 1 aliphatic heterocycles. The summed E-state index contributed by atoms with van der Waals surface area (Å²) < 4.78 is 9.69. The van der Waals surface area contributed by atoms with E-state index in [0.717, 1.165) is 27.7 Å². The van der Waals surface area contributed by atoms with Crippen LogP contribution in [0.4, 0.5) is 0 Å². The van der Waals surface area contributed by atoms with Crippen molar-refractivity contribution in [2.24, 2.45) is 12.0 Å². The number of ether oxygens (including phenoxy) is 1. The van der Waals surface area contributed by atoms with Crippen LogP contribution in [0, 0.1) is 6.92 Å². The van der Waals surface area contributed by atoms with E-state index >= 15 is 0 Å². The number of allylic oxidation sites excluding steroid dienone is 1. The normalized spacial score (nSPS) is 16.0. The summed E-state index contributed by atoms with van der Waals surface area (Å²) in [4.78, 5) is 32.0. The van der Waals surface area contributed by atoms with E-state index in [9.17, 15) is 9.59 Å². The molecule has 0 aliphatic carbocycles. The minimum Gasteiger partial charge on any atom is -0.463 e.